The van der Waals surface area contributed by atoms with Crippen LogP contribution in [0.1, 0.15) is 24.5 Å². The Kier molecular flexibility index (Phi) is 3.08. The molecular weight excluding hydrogens is 232 g/mol. The average molecular weight is 250 g/mol. The van der Waals surface area contributed by atoms with E-state index in [0.29, 0.717) is 0 Å². The molecule has 1 aliphatic carbocycles. The zero-order valence-electron chi connectivity index (χ0n) is 11.4. The Labute approximate surface area is 114 Å². The Hall–Kier alpha value is -2.09. The molecule has 0 amide bonds. The molecule has 2 nitrogen and oxygen atoms in total. The van der Waals surface area contributed by atoms with E-state index in [2.05, 4.69) is 53.6 Å². The number of rotatable bonds is 2. The van der Waals surface area contributed by atoms with Gasteiger partial charge < -0.3 is 5.32 Å². The summed E-state index contributed by atoms with van der Waals surface area (Å²) in [7, 11) is 1.94. The second-order valence-electron chi connectivity index (χ2n) is 4.95. The minimum absolute atomic E-state index is 1.11. The van der Waals surface area contributed by atoms with Crippen LogP contribution in [0.4, 0.5) is 5.69 Å². The molecule has 0 unspecified atom stereocenters. The second-order valence-corrected chi connectivity index (χ2v) is 4.95. The number of hydrogen-bond donors (Lipinski definition) is 1. The first kappa shape index (κ1) is 12.0. The van der Waals surface area contributed by atoms with Crippen LogP contribution in [-0.4, -0.2) is 12.0 Å². The molecule has 3 rings (SSSR count). The summed E-state index contributed by atoms with van der Waals surface area (Å²) in [4.78, 5) is 4.61. The molecule has 0 saturated carbocycles. The van der Waals surface area contributed by atoms with Gasteiger partial charge in [-0.3, -0.25) is 4.98 Å². The highest BCUT2D eigenvalue weighted by Crippen LogP contribution is 2.33. The van der Waals surface area contributed by atoms with Crippen LogP contribution in [0.2, 0.25) is 0 Å². The van der Waals surface area contributed by atoms with Crippen molar-refractivity contribution in [2.45, 2.75) is 19.8 Å². The van der Waals surface area contributed by atoms with Crippen molar-refractivity contribution in [1.29, 1.82) is 0 Å². The summed E-state index contributed by atoms with van der Waals surface area (Å²) in [5, 5.41) is 3.14. The maximum atomic E-state index is 4.61. The Morgan fingerprint density at radius 2 is 1.89 bits per heavy atom. The van der Waals surface area contributed by atoms with Gasteiger partial charge >= 0.3 is 0 Å². The lowest BCUT2D eigenvalue weighted by Crippen LogP contribution is -2.02. The molecule has 1 N–H and O–H groups in total. The van der Waals surface area contributed by atoms with Crippen molar-refractivity contribution in [2.75, 3.05) is 12.4 Å². The van der Waals surface area contributed by atoms with Crippen LogP contribution >= 0.6 is 0 Å². The maximum Gasteiger partial charge on any atom is 0.0779 e. The van der Waals surface area contributed by atoms with E-state index in [9.17, 15) is 0 Å². The molecule has 2 aromatic rings. The van der Waals surface area contributed by atoms with Crippen molar-refractivity contribution in [2.24, 2.45) is 0 Å². The Balaban J connectivity index is 2.13. The fourth-order valence-electron chi connectivity index (χ4n) is 2.71. The summed E-state index contributed by atoms with van der Waals surface area (Å²) in [6.45, 7) is 2.19. The predicted molar refractivity (Wildman–Crippen MR) is 81.2 cm³/mol. The maximum absolute atomic E-state index is 4.61. The van der Waals surface area contributed by atoms with Gasteiger partial charge in [0.05, 0.1) is 5.69 Å². The number of hydrogen-bond acceptors (Lipinski definition) is 2. The third kappa shape index (κ3) is 2.14. The standard InChI is InChI=1S/C17H18N2/c1-12-4-3-5-13-10-11-19-17(16(12)13)14-6-8-15(18-2)9-7-14/h4,6-11,18H,3,5H2,1-2H3. The van der Waals surface area contributed by atoms with Crippen molar-refractivity contribution in [1.82, 2.24) is 4.98 Å². The first-order chi connectivity index (χ1) is 9.29. The van der Waals surface area contributed by atoms with Crippen LogP contribution in [0.5, 0.6) is 0 Å². The molecule has 19 heavy (non-hydrogen) atoms. The lowest BCUT2D eigenvalue weighted by Gasteiger charge is -2.18. The molecule has 0 bridgehead atoms. The van der Waals surface area contributed by atoms with Crippen LogP contribution < -0.4 is 5.32 Å². The van der Waals surface area contributed by atoms with Crippen LogP contribution in [-0.2, 0) is 6.42 Å². The largest absolute Gasteiger partial charge is 0.388 e. The second kappa shape index (κ2) is 4.88. The molecule has 0 fully saturated rings. The van der Waals surface area contributed by atoms with Gasteiger partial charge in [0.25, 0.3) is 0 Å². The van der Waals surface area contributed by atoms with Gasteiger partial charge in [-0.1, -0.05) is 18.2 Å². The molecule has 1 aliphatic rings. The third-order valence-electron chi connectivity index (χ3n) is 3.74. The van der Waals surface area contributed by atoms with Gasteiger partial charge in [0.2, 0.25) is 0 Å². The zero-order valence-corrected chi connectivity index (χ0v) is 11.4. The van der Waals surface area contributed by atoms with Crippen LogP contribution in [0.25, 0.3) is 16.8 Å². The number of nitrogens with one attached hydrogen (secondary N) is 1. The van der Waals surface area contributed by atoms with Gasteiger partial charge in [-0.2, -0.15) is 0 Å². The van der Waals surface area contributed by atoms with E-state index in [-0.39, 0.29) is 0 Å². The van der Waals surface area contributed by atoms with Crippen molar-refractivity contribution >= 4 is 11.3 Å². The van der Waals surface area contributed by atoms with E-state index in [1.54, 1.807) is 0 Å². The van der Waals surface area contributed by atoms with Gasteiger partial charge in [0.1, 0.15) is 0 Å². The number of anilines is 1. The molecule has 2 heteroatoms. The minimum Gasteiger partial charge on any atom is -0.388 e. The Bertz CT molecular complexity index is 624. The molecule has 0 saturated heterocycles. The number of fused-ring (bicyclic) bond motifs is 1. The SMILES string of the molecule is CNc1ccc(-c2nccc3c2C(C)=CCC3)cc1. The summed E-state index contributed by atoms with van der Waals surface area (Å²) >= 11 is 0. The van der Waals surface area contributed by atoms with Gasteiger partial charge in [0.15, 0.2) is 0 Å². The Morgan fingerprint density at radius 1 is 1.11 bits per heavy atom. The van der Waals surface area contributed by atoms with Crippen molar-refractivity contribution < 1.29 is 0 Å². The van der Waals surface area contributed by atoms with Crippen molar-refractivity contribution in [3.05, 3.63) is 53.7 Å². The van der Waals surface area contributed by atoms with Gasteiger partial charge in [0, 0.05) is 30.1 Å². The lowest BCUT2D eigenvalue weighted by atomic mass is 9.89. The summed E-state index contributed by atoms with van der Waals surface area (Å²) < 4.78 is 0. The minimum atomic E-state index is 1.11. The van der Waals surface area contributed by atoms with Crippen LogP contribution in [0.3, 0.4) is 0 Å². The van der Waals surface area contributed by atoms with E-state index in [0.717, 1.165) is 24.2 Å². The quantitative estimate of drug-likeness (QED) is 0.866. The van der Waals surface area contributed by atoms with E-state index in [1.165, 1.54) is 22.3 Å². The molecule has 96 valence electrons. The fourth-order valence-corrected chi connectivity index (χ4v) is 2.71. The van der Waals surface area contributed by atoms with E-state index in [4.69, 9.17) is 0 Å². The van der Waals surface area contributed by atoms with Gasteiger partial charge in [-0.05, 0) is 49.1 Å². The lowest BCUT2D eigenvalue weighted by molar-refractivity contribution is 0.968. The number of allylic oxidation sites excluding steroid dienone is 2. The fraction of sp³-hybridized carbons (Fsp3) is 0.235. The van der Waals surface area contributed by atoms with Crippen molar-refractivity contribution in [3.63, 3.8) is 0 Å². The third-order valence-corrected chi connectivity index (χ3v) is 3.74. The normalized spacial score (nSPS) is 13.7. The van der Waals surface area contributed by atoms with Gasteiger partial charge in [-0.25, -0.2) is 0 Å². The van der Waals surface area contributed by atoms with Crippen molar-refractivity contribution in [3.8, 4) is 11.3 Å². The molecule has 1 aromatic carbocycles. The summed E-state index contributed by atoms with van der Waals surface area (Å²) in [6.07, 6.45) is 6.51. The molecule has 0 atom stereocenters. The van der Waals surface area contributed by atoms with E-state index < -0.39 is 0 Å². The zero-order chi connectivity index (χ0) is 13.2. The molecule has 0 aliphatic heterocycles. The van der Waals surface area contributed by atoms with Gasteiger partial charge in [-0.15, -0.1) is 0 Å². The number of aromatic nitrogens is 1. The van der Waals surface area contributed by atoms with Crippen LogP contribution in [0, 0.1) is 0 Å². The first-order valence-corrected chi connectivity index (χ1v) is 6.73. The number of aryl methyl sites for hydroxylation is 1. The highest BCUT2D eigenvalue weighted by molar-refractivity contribution is 5.81. The topological polar surface area (TPSA) is 24.9 Å². The molecule has 0 spiro atoms. The number of pyridine rings is 1. The Morgan fingerprint density at radius 3 is 2.63 bits per heavy atom. The first-order valence-electron chi connectivity index (χ1n) is 6.73. The smallest absolute Gasteiger partial charge is 0.0779 e. The van der Waals surface area contributed by atoms with E-state index >= 15 is 0 Å². The van der Waals surface area contributed by atoms with E-state index in [1.807, 2.05) is 13.2 Å². The van der Waals surface area contributed by atoms with Crippen LogP contribution in [0.15, 0.2) is 42.6 Å². The molecular formula is C17H18N2. The summed E-state index contributed by atoms with van der Waals surface area (Å²) in [6, 6.07) is 10.6. The molecule has 0 radical (unpaired) electrons. The monoisotopic (exact) mass is 250 g/mol. The highest BCUT2D eigenvalue weighted by atomic mass is 14.8. The number of benzene rings is 1. The molecule has 1 aromatic heterocycles. The average Bonchev–Trinajstić information content (AvgIpc) is 2.47. The molecule has 1 heterocycles. The number of nitrogens with zero attached hydrogens (tertiary/aromatic N) is 1. The highest BCUT2D eigenvalue weighted by Gasteiger charge is 2.15. The summed E-state index contributed by atoms with van der Waals surface area (Å²) in [5.74, 6) is 0. The summed E-state index contributed by atoms with van der Waals surface area (Å²) in [5.41, 5.74) is 7.51. The predicted octanol–water partition coefficient (Wildman–Crippen LogP) is 4.14.